The molecule has 1 aliphatic heterocycles. The van der Waals surface area contributed by atoms with Gasteiger partial charge in [-0.2, -0.15) is 0 Å². The molecule has 1 saturated heterocycles. The van der Waals surface area contributed by atoms with Crippen molar-refractivity contribution in [2.75, 3.05) is 30.4 Å². The van der Waals surface area contributed by atoms with Crippen LogP contribution >= 0.6 is 11.6 Å². The number of hydrogen-bond donors (Lipinski definition) is 1. The average Bonchev–Trinajstić information content (AvgIpc) is 2.82. The highest BCUT2D eigenvalue weighted by molar-refractivity contribution is 6.31. The first-order valence-electron chi connectivity index (χ1n) is 10.5. The molecule has 2 heterocycles. The van der Waals surface area contributed by atoms with Crippen molar-refractivity contribution in [2.24, 2.45) is 5.92 Å². The molecule has 8 heteroatoms. The second kappa shape index (κ2) is 9.87. The molecule has 1 aromatic heterocycles. The first-order valence-corrected chi connectivity index (χ1v) is 10.9. The zero-order valence-corrected chi connectivity index (χ0v) is 18.8. The number of rotatable bonds is 6. The third-order valence-electron chi connectivity index (χ3n) is 5.43. The minimum absolute atomic E-state index is 0.0656. The summed E-state index contributed by atoms with van der Waals surface area (Å²) in [7, 11) is 1.56. The van der Waals surface area contributed by atoms with Gasteiger partial charge in [-0.05, 0) is 43.5 Å². The van der Waals surface area contributed by atoms with Crippen LogP contribution in [0, 0.1) is 12.8 Å². The van der Waals surface area contributed by atoms with Gasteiger partial charge in [0.15, 0.2) is 5.82 Å². The molecule has 1 aliphatic rings. The average molecular weight is 453 g/mol. The number of ether oxygens (including phenoxy) is 2. The lowest BCUT2D eigenvalue weighted by Gasteiger charge is -2.33. The Hall–Kier alpha value is -3.32. The monoisotopic (exact) mass is 452 g/mol. The Kier molecular flexibility index (Phi) is 6.75. The predicted molar refractivity (Wildman–Crippen MR) is 125 cm³/mol. The van der Waals surface area contributed by atoms with Crippen LogP contribution in [0.3, 0.4) is 0 Å². The maximum absolute atomic E-state index is 13.1. The minimum Gasteiger partial charge on any atom is -0.495 e. The third-order valence-corrected chi connectivity index (χ3v) is 5.84. The SMILES string of the molecule is COc1cc(Cl)c(C)cc1NC(=O)C1CCCN(c2nccnc2Oc2ccccc2)C1. The maximum atomic E-state index is 13.1. The van der Waals surface area contributed by atoms with Gasteiger partial charge in [-0.15, -0.1) is 0 Å². The number of nitrogens with zero attached hydrogens (tertiary/aromatic N) is 3. The van der Waals surface area contributed by atoms with Crippen LogP contribution in [0.4, 0.5) is 11.5 Å². The zero-order valence-electron chi connectivity index (χ0n) is 18.0. The fraction of sp³-hybridized carbons (Fsp3) is 0.292. The number of carbonyl (C=O) groups is 1. The fourth-order valence-corrected chi connectivity index (χ4v) is 3.91. The molecule has 166 valence electrons. The van der Waals surface area contributed by atoms with Crippen molar-refractivity contribution in [2.45, 2.75) is 19.8 Å². The van der Waals surface area contributed by atoms with E-state index in [9.17, 15) is 4.79 Å². The van der Waals surface area contributed by atoms with Crippen molar-refractivity contribution in [3.05, 3.63) is 65.4 Å². The number of halogens is 1. The molecule has 1 atom stereocenters. The van der Waals surface area contributed by atoms with E-state index in [2.05, 4.69) is 20.2 Å². The molecule has 7 nitrogen and oxygen atoms in total. The van der Waals surface area contributed by atoms with Gasteiger partial charge in [0.25, 0.3) is 5.88 Å². The van der Waals surface area contributed by atoms with E-state index in [1.165, 1.54) is 0 Å². The van der Waals surface area contributed by atoms with Gasteiger partial charge in [-0.1, -0.05) is 29.8 Å². The highest BCUT2D eigenvalue weighted by atomic mass is 35.5. The van der Waals surface area contributed by atoms with Gasteiger partial charge in [-0.25, -0.2) is 9.97 Å². The smallest absolute Gasteiger partial charge is 0.263 e. The molecule has 0 aliphatic carbocycles. The van der Waals surface area contributed by atoms with Crippen molar-refractivity contribution in [3.63, 3.8) is 0 Å². The number of aromatic nitrogens is 2. The van der Waals surface area contributed by atoms with Crippen LogP contribution in [0.15, 0.2) is 54.9 Å². The summed E-state index contributed by atoms with van der Waals surface area (Å²) in [4.78, 5) is 24.0. The lowest BCUT2D eigenvalue weighted by atomic mass is 9.97. The van der Waals surface area contributed by atoms with Crippen LogP contribution in [0.2, 0.25) is 5.02 Å². The highest BCUT2D eigenvalue weighted by Crippen LogP contribution is 2.33. The number of benzene rings is 2. The van der Waals surface area contributed by atoms with Gasteiger partial charge in [-0.3, -0.25) is 4.79 Å². The Morgan fingerprint density at radius 3 is 2.75 bits per heavy atom. The number of aryl methyl sites for hydroxylation is 1. The molecule has 1 N–H and O–H groups in total. The Labute approximate surface area is 192 Å². The standard InChI is InChI=1S/C24H25ClN4O3/c1-16-13-20(21(31-2)14-19(16)25)28-23(30)17-7-6-12-29(15-17)22-24(27-11-10-26-22)32-18-8-4-3-5-9-18/h3-5,8-11,13-14,17H,6-7,12,15H2,1-2H3,(H,28,30). The molecule has 0 bridgehead atoms. The summed E-state index contributed by atoms with van der Waals surface area (Å²) in [5.41, 5.74) is 1.49. The summed E-state index contributed by atoms with van der Waals surface area (Å²) in [6.45, 7) is 3.18. The van der Waals surface area contributed by atoms with E-state index in [1.807, 2.05) is 43.3 Å². The van der Waals surface area contributed by atoms with Crippen LogP contribution in [0.1, 0.15) is 18.4 Å². The molecule has 1 amide bonds. The molecule has 32 heavy (non-hydrogen) atoms. The first-order chi connectivity index (χ1) is 15.5. The van der Waals surface area contributed by atoms with Crippen molar-refractivity contribution < 1.29 is 14.3 Å². The second-order valence-corrected chi connectivity index (χ2v) is 8.08. The third kappa shape index (κ3) is 4.94. The molecule has 1 unspecified atom stereocenters. The van der Waals surface area contributed by atoms with Crippen LogP contribution < -0.4 is 19.7 Å². The van der Waals surface area contributed by atoms with Crippen LogP contribution in [0.25, 0.3) is 0 Å². The molecule has 0 radical (unpaired) electrons. The van der Waals surface area contributed by atoms with Crippen LogP contribution in [-0.2, 0) is 4.79 Å². The van der Waals surface area contributed by atoms with E-state index >= 15 is 0 Å². The van der Waals surface area contributed by atoms with Gasteiger partial charge < -0.3 is 19.7 Å². The largest absolute Gasteiger partial charge is 0.495 e. The van der Waals surface area contributed by atoms with E-state index in [4.69, 9.17) is 21.1 Å². The van der Waals surface area contributed by atoms with Crippen molar-refractivity contribution in [1.29, 1.82) is 0 Å². The maximum Gasteiger partial charge on any atom is 0.263 e. The summed E-state index contributed by atoms with van der Waals surface area (Å²) >= 11 is 6.19. The molecule has 4 rings (SSSR count). The number of nitrogens with one attached hydrogen (secondary N) is 1. The molecule has 0 spiro atoms. The van der Waals surface area contributed by atoms with E-state index in [-0.39, 0.29) is 11.8 Å². The van der Waals surface area contributed by atoms with Crippen LogP contribution in [0.5, 0.6) is 17.4 Å². The molecular formula is C24H25ClN4O3. The Balaban J connectivity index is 1.50. The number of amides is 1. The van der Waals surface area contributed by atoms with E-state index in [0.717, 1.165) is 24.9 Å². The Bertz CT molecular complexity index is 1090. The van der Waals surface area contributed by atoms with Crippen molar-refractivity contribution >= 4 is 29.0 Å². The summed E-state index contributed by atoms with van der Waals surface area (Å²) < 4.78 is 11.4. The number of carbonyl (C=O) groups excluding carboxylic acids is 1. The van der Waals surface area contributed by atoms with Gasteiger partial charge in [0.05, 0.1) is 18.7 Å². The molecule has 3 aromatic rings. The lowest BCUT2D eigenvalue weighted by Crippen LogP contribution is -2.41. The summed E-state index contributed by atoms with van der Waals surface area (Å²) in [6.07, 6.45) is 4.88. The topological polar surface area (TPSA) is 76.6 Å². The number of methoxy groups -OCH3 is 1. The first kappa shape index (κ1) is 21.9. The molecular weight excluding hydrogens is 428 g/mol. The van der Waals surface area contributed by atoms with Gasteiger partial charge in [0.2, 0.25) is 5.91 Å². The zero-order chi connectivity index (χ0) is 22.5. The van der Waals surface area contributed by atoms with Gasteiger partial charge >= 0.3 is 0 Å². The molecule has 0 saturated carbocycles. The predicted octanol–water partition coefficient (Wildman–Crippen LogP) is 5.09. The number of hydrogen-bond acceptors (Lipinski definition) is 6. The van der Waals surface area contributed by atoms with Crippen LogP contribution in [-0.4, -0.2) is 36.1 Å². The normalized spacial score (nSPS) is 15.8. The number of piperidine rings is 1. The van der Waals surface area contributed by atoms with Crippen molar-refractivity contribution in [3.8, 4) is 17.4 Å². The number of anilines is 2. The van der Waals surface area contributed by atoms with Crippen molar-refractivity contribution in [1.82, 2.24) is 9.97 Å². The summed E-state index contributed by atoms with van der Waals surface area (Å²) in [5.74, 6) is 2.00. The fourth-order valence-electron chi connectivity index (χ4n) is 3.76. The Morgan fingerprint density at radius 1 is 1.19 bits per heavy atom. The second-order valence-electron chi connectivity index (χ2n) is 7.68. The summed E-state index contributed by atoms with van der Waals surface area (Å²) in [6, 6.07) is 13.0. The Morgan fingerprint density at radius 2 is 1.97 bits per heavy atom. The minimum atomic E-state index is -0.212. The molecule has 1 fully saturated rings. The van der Waals surface area contributed by atoms with E-state index in [1.54, 1.807) is 25.6 Å². The van der Waals surface area contributed by atoms with Gasteiger partial charge in [0, 0.05) is 36.6 Å². The molecule has 2 aromatic carbocycles. The van der Waals surface area contributed by atoms with E-state index < -0.39 is 0 Å². The highest BCUT2D eigenvalue weighted by Gasteiger charge is 2.29. The summed E-state index contributed by atoms with van der Waals surface area (Å²) in [5, 5.41) is 3.60. The lowest BCUT2D eigenvalue weighted by molar-refractivity contribution is -0.120. The van der Waals surface area contributed by atoms with E-state index in [0.29, 0.717) is 40.5 Å². The number of para-hydroxylation sites is 1. The van der Waals surface area contributed by atoms with Gasteiger partial charge in [0.1, 0.15) is 11.5 Å². The quantitative estimate of drug-likeness (QED) is 0.561.